The molecule has 1 heterocycles. The molecule has 0 amide bonds. The van der Waals surface area contributed by atoms with E-state index >= 15 is 0 Å². The van der Waals surface area contributed by atoms with Gasteiger partial charge in [0.1, 0.15) is 5.75 Å². The molecule has 0 N–H and O–H groups in total. The van der Waals surface area contributed by atoms with E-state index in [2.05, 4.69) is 11.1 Å². The fraction of sp³-hybridized carbons (Fsp3) is 0.231. The second-order valence-electron chi connectivity index (χ2n) is 3.65. The first-order chi connectivity index (χ1) is 7.74. The Labute approximate surface area is 94.3 Å². The van der Waals surface area contributed by atoms with Crippen molar-refractivity contribution >= 4 is 10.9 Å². The second kappa shape index (κ2) is 4.19. The highest BCUT2D eigenvalue weighted by Crippen LogP contribution is 2.23. The average molecular weight is 212 g/mol. The van der Waals surface area contributed by atoms with E-state index in [1.54, 1.807) is 7.11 Å². The predicted molar refractivity (Wildman–Crippen MR) is 62.3 cm³/mol. The van der Waals surface area contributed by atoms with E-state index in [4.69, 9.17) is 10.00 Å². The van der Waals surface area contributed by atoms with Crippen LogP contribution in [0.2, 0.25) is 0 Å². The maximum atomic E-state index is 8.65. The number of nitriles is 1. The highest BCUT2D eigenvalue weighted by molar-refractivity contribution is 5.83. The van der Waals surface area contributed by atoms with Gasteiger partial charge in [0.2, 0.25) is 0 Å². The predicted octanol–water partition coefficient (Wildman–Crippen LogP) is 2.62. The van der Waals surface area contributed by atoms with Crippen LogP contribution in [0.3, 0.4) is 0 Å². The molecule has 0 saturated heterocycles. The van der Waals surface area contributed by atoms with Crippen LogP contribution in [0.1, 0.15) is 11.3 Å². The smallest absolute Gasteiger partial charge is 0.119 e. The number of pyridine rings is 1. The minimum atomic E-state index is 0.350. The molecule has 0 aliphatic rings. The fourth-order valence-corrected chi connectivity index (χ4v) is 1.74. The number of ether oxygens (including phenoxy) is 1. The summed E-state index contributed by atoms with van der Waals surface area (Å²) < 4.78 is 5.17. The van der Waals surface area contributed by atoms with Crippen molar-refractivity contribution in [3.05, 3.63) is 35.5 Å². The third-order valence-electron chi connectivity index (χ3n) is 2.54. The second-order valence-corrected chi connectivity index (χ2v) is 3.65. The molecule has 0 saturated carbocycles. The van der Waals surface area contributed by atoms with Crippen molar-refractivity contribution in [1.82, 2.24) is 4.98 Å². The van der Waals surface area contributed by atoms with E-state index in [9.17, 15) is 0 Å². The lowest BCUT2D eigenvalue weighted by atomic mass is 10.1. The van der Waals surface area contributed by atoms with E-state index in [1.165, 1.54) is 0 Å². The summed E-state index contributed by atoms with van der Waals surface area (Å²) in [6.07, 6.45) is 0.350. The van der Waals surface area contributed by atoms with Gasteiger partial charge in [-0.15, -0.1) is 0 Å². The summed E-state index contributed by atoms with van der Waals surface area (Å²) in [7, 11) is 1.65. The SMILES string of the molecule is COc1ccc2nc(CC#N)cc(C)c2c1. The molecule has 0 atom stereocenters. The van der Waals surface area contributed by atoms with Gasteiger partial charge in [-0.25, -0.2) is 0 Å². The largest absolute Gasteiger partial charge is 0.497 e. The number of rotatable bonds is 2. The number of nitrogens with zero attached hydrogens (tertiary/aromatic N) is 2. The Hall–Kier alpha value is -2.08. The first kappa shape index (κ1) is 10.4. The first-order valence-electron chi connectivity index (χ1n) is 5.06. The standard InChI is InChI=1S/C13H12N2O/c1-9-7-10(5-6-14)15-13-4-3-11(16-2)8-12(9)13/h3-4,7-8H,5H2,1-2H3. The van der Waals surface area contributed by atoms with Crippen LogP contribution in [0, 0.1) is 18.3 Å². The van der Waals surface area contributed by atoms with Gasteiger partial charge in [0, 0.05) is 5.39 Å². The number of aryl methyl sites for hydroxylation is 1. The summed E-state index contributed by atoms with van der Waals surface area (Å²) in [6, 6.07) is 9.83. The Bertz CT molecular complexity index is 570. The number of methoxy groups -OCH3 is 1. The summed E-state index contributed by atoms with van der Waals surface area (Å²) in [6.45, 7) is 2.02. The summed E-state index contributed by atoms with van der Waals surface area (Å²) in [5, 5.41) is 9.73. The molecule has 3 nitrogen and oxygen atoms in total. The third-order valence-corrected chi connectivity index (χ3v) is 2.54. The van der Waals surface area contributed by atoms with Crippen molar-refractivity contribution in [3.63, 3.8) is 0 Å². The van der Waals surface area contributed by atoms with Crippen LogP contribution in [0.25, 0.3) is 10.9 Å². The monoisotopic (exact) mass is 212 g/mol. The zero-order chi connectivity index (χ0) is 11.5. The molecule has 3 heteroatoms. The molecule has 16 heavy (non-hydrogen) atoms. The van der Waals surface area contributed by atoms with E-state index in [0.29, 0.717) is 6.42 Å². The van der Waals surface area contributed by atoms with Gasteiger partial charge in [0.05, 0.1) is 30.8 Å². The van der Waals surface area contributed by atoms with Gasteiger partial charge in [0.25, 0.3) is 0 Å². The Balaban J connectivity index is 2.62. The van der Waals surface area contributed by atoms with E-state index in [0.717, 1.165) is 27.9 Å². The molecule has 0 unspecified atom stereocenters. The highest BCUT2D eigenvalue weighted by Gasteiger charge is 2.03. The zero-order valence-electron chi connectivity index (χ0n) is 9.32. The van der Waals surface area contributed by atoms with Crippen molar-refractivity contribution in [1.29, 1.82) is 5.26 Å². The molecular formula is C13H12N2O. The van der Waals surface area contributed by atoms with Crippen LogP contribution in [-0.2, 0) is 6.42 Å². The molecule has 0 bridgehead atoms. The normalized spacial score (nSPS) is 10.1. The van der Waals surface area contributed by atoms with Crippen molar-refractivity contribution < 1.29 is 4.74 Å². The minimum absolute atomic E-state index is 0.350. The van der Waals surface area contributed by atoms with Crippen LogP contribution >= 0.6 is 0 Å². The molecule has 80 valence electrons. The fourth-order valence-electron chi connectivity index (χ4n) is 1.74. The maximum Gasteiger partial charge on any atom is 0.119 e. The molecular weight excluding hydrogens is 200 g/mol. The van der Waals surface area contributed by atoms with Crippen LogP contribution in [0.4, 0.5) is 0 Å². The Kier molecular flexibility index (Phi) is 2.74. The van der Waals surface area contributed by atoms with Crippen molar-refractivity contribution in [3.8, 4) is 11.8 Å². The molecule has 0 spiro atoms. The number of fused-ring (bicyclic) bond motifs is 1. The van der Waals surface area contributed by atoms with E-state index in [1.807, 2.05) is 31.2 Å². The van der Waals surface area contributed by atoms with Gasteiger partial charge >= 0.3 is 0 Å². The summed E-state index contributed by atoms with van der Waals surface area (Å²) in [4.78, 5) is 4.42. The lowest BCUT2D eigenvalue weighted by molar-refractivity contribution is 0.415. The van der Waals surface area contributed by atoms with Gasteiger partial charge < -0.3 is 4.74 Å². The first-order valence-corrected chi connectivity index (χ1v) is 5.06. The Morgan fingerprint density at radius 3 is 2.88 bits per heavy atom. The summed E-state index contributed by atoms with van der Waals surface area (Å²) in [5.74, 6) is 0.824. The molecule has 2 aromatic rings. The third kappa shape index (κ3) is 1.82. The molecule has 0 radical (unpaired) electrons. The molecule has 0 aliphatic carbocycles. The van der Waals surface area contributed by atoms with Crippen LogP contribution in [0.5, 0.6) is 5.75 Å². The van der Waals surface area contributed by atoms with E-state index < -0.39 is 0 Å². The molecule has 0 fully saturated rings. The van der Waals surface area contributed by atoms with Gasteiger partial charge in [-0.1, -0.05) is 0 Å². The van der Waals surface area contributed by atoms with Crippen molar-refractivity contribution in [2.75, 3.05) is 7.11 Å². The highest BCUT2D eigenvalue weighted by atomic mass is 16.5. The minimum Gasteiger partial charge on any atom is -0.497 e. The number of hydrogen-bond acceptors (Lipinski definition) is 3. The van der Waals surface area contributed by atoms with Gasteiger partial charge in [0.15, 0.2) is 0 Å². The quantitative estimate of drug-likeness (QED) is 0.768. The topological polar surface area (TPSA) is 45.9 Å². The number of hydrogen-bond donors (Lipinski definition) is 0. The maximum absolute atomic E-state index is 8.65. The molecule has 2 rings (SSSR count). The lowest BCUT2D eigenvalue weighted by Crippen LogP contribution is -1.92. The number of benzene rings is 1. The molecule has 0 aliphatic heterocycles. The Morgan fingerprint density at radius 1 is 1.38 bits per heavy atom. The van der Waals surface area contributed by atoms with Crippen LogP contribution in [-0.4, -0.2) is 12.1 Å². The van der Waals surface area contributed by atoms with Gasteiger partial charge in [-0.05, 0) is 36.8 Å². The van der Waals surface area contributed by atoms with Crippen molar-refractivity contribution in [2.45, 2.75) is 13.3 Å². The van der Waals surface area contributed by atoms with Gasteiger partial charge in [-0.2, -0.15) is 5.26 Å². The van der Waals surface area contributed by atoms with Gasteiger partial charge in [-0.3, -0.25) is 4.98 Å². The lowest BCUT2D eigenvalue weighted by Gasteiger charge is -2.06. The Morgan fingerprint density at radius 2 is 2.19 bits per heavy atom. The average Bonchev–Trinajstić information content (AvgIpc) is 2.29. The molecule has 1 aromatic carbocycles. The van der Waals surface area contributed by atoms with Crippen molar-refractivity contribution in [2.24, 2.45) is 0 Å². The summed E-state index contributed by atoms with van der Waals surface area (Å²) >= 11 is 0. The van der Waals surface area contributed by atoms with Crippen LogP contribution in [0.15, 0.2) is 24.3 Å². The van der Waals surface area contributed by atoms with Crippen LogP contribution < -0.4 is 4.74 Å². The molecule has 1 aromatic heterocycles. The number of aromatic nitrogens is 1. The van der Waals surface area contributed by atoms with E-state index in [-0.39, 0.29) is 0 Å². The zero-order valence-corrected chi connectivity index (χ0v) is 9.32. The summed E-state index contributed by atoms with van der Waals surface area (Å²) in [5.41, 5.74) is 2.85.